The first-order valence-corrected chi connectivity index (χ1v) is 10.5. The van der Waals surface area contributed by atoms with E-state index in [1.807, 2.05) is 65.2 Å². The molecule has 2 aromatic carbocycles. The van der Waals surface area contributed by atoms with Gasteiger partial charge in [0.1, 0.15) is 6.04 Å². The van der Waals surface area contributed by atoms with Crippen LogP contribution < -0.4 is 10.6 Å². The third-order valence-corrected chi connectivity index (χ3v) is 5.56. The first kappa shape index (κ1) is 19.2. The summed E-state index contributed by atoms with van der Waals surface area (Å²) in [5.74, 6) is 0.560. The monoisotopic (exact) mass is 407 g/mol. The standard InChI is InChI=1S/C21H21N5O2S/c27-18(23-17-12-7-13-22-20(17)28)14-29-21-25-24-19(15-8-3-1-4-9-15)26(21)16-10-5-2-6-11-16/h1-6,8-11,17H,7,12-14H2,(H,22,28)(H,23,27). The van der Waals surface area contributed by atoms with E-state index in [1.54, 1.807) is 0 Å². The van der Waals surface area contributed by atoms with Crippen molar-refractivity contribution in [3.63, 3.8) is 0 Å². The molecule has 0 radical (unpaired) electrons. The summed E-state index contributed by atoms with van der Waals surface area (Å²) in [6.07, 6.45) is 1.53. The number of rotatable bonds is 6. The van der Waals surface area contributed by atoms with Crippen LogP contribution in [0.1, 0.15) is 12.8 Å². The molecule has 2 amide bonds. The predicted octanol–water partition coefficient (Wildman–Crippen LogP) is 2.42. The molecule has 1 unspecified atom stereocenters. The van der Waals surface area contributed by atoms with Gasteiger partial charge in [0.2, 0.25) is 11.8 Å². The number of carbonyl (C=O) groups excluding carboxylic acids is 2. The third-order valence-electron chi connectivity index (χ3n) is 4.63. The maximum absolute atomic E-state index is 12.4. The van der Waals surface area contributed by atoms with E-state index in [4.69, 9.17) is 0 Å². The molecule has 1 saturated heterocycles. The van der Waals surface area contributed by atoms with Crippen LogP contribution in [0.3, 0.4) is 0 Å². The van der Waals surface area contributed by atoms with Crippen molar-refractivity contribution in [3.8, 4) is 17.1 Å². The number of amides is 2. The normalized spacial score (nSPS) is 16.3. The van der Waals surface area contributed by atoms with Gasteiger partial charge in [0.15, 0.2) is 11.0 Å². The zero-order valence-corrected chi connectivity index (χ0v) is 16.6. The Morgan fingerprint density at radius 3 is 2.55 bits per heavy atom. The van der Waals surface area contributed by atoms with E-state index in [1.165, 1.54) is 11.8 Å². The van der Waals surface area contributed by atoms with Crippen molar-refractivity contribution < 1.29 is 9.59 Å². The molecule has 8 heteroatoms. The topological polar surface area (TPSA) is 88.9 Å². The smallest absolute Gasteiger partial charge is 0.242 e. The van der Waals surface area contributed by atoms with Gasteiger partial charge in [-0.25, -0.2) is 0 Å². The number of nitrogens with one attached hydrogen (secondary N) is 2. The van der Waals surface area contributed by atoms with Crippen LogP contribution in [0.2, 0.25) is 0 Å². The summed E-state index contributed by atoms with van der Waals surface area (Å²) in [5, 5.41) is 14.9. The highest BCUT2D eigenvalue weighted by Gasteiger charge is 2.24. The molecule has 3 aromatic rings. The lowest BCUT2D eigenvalue weighted by atomic mass is 10.1. The molecular formula is C21H21N5O2S. The Labute approximate surface area is 172 Å². The molecule has 29 heavy (non-hydrogen) atoms. The number of hydrogen-bond acceptors (Lipinski definition) is 5. The second-order valence-electron chi connectivity index (χ2n) is 6.69. The van der Waals surface area contributed by atoms with E-state index in [0.717, 1.165) is 17.7 Å². The lowest BCUT2D eigenvalue weighted by Crippen LogP contribution is -2.50. The number of hydrogen-bond donors (Lipinski definition) is 2. The third kappa shape index (κ3) is 4.48. The average Bonchev–Trinajstić information content (AvgIpc) is 3.19. The minimum Gasteiger partial charge on any atom is -0.354 e. The zero-order chi connectivity index (χ0) is 20.1. The second kappa shape index (κ2) is 8.91. The van der Waals surface area contributed by atoms with E-state index in [2.05, 4.69) is 20.8 Å². The quantitative estimate of drug-likeness (QED) is 0.613. The van der Waals surface area contributed by atoms with E-state index in [0.29, 0.717) is 23.9 Å². The lowest BCUT2D eigenvalue weighted by Gasteiger charge is -2.22. The number of aromatic nitrogens is 3. The fourth-order valence-electron chi connectivity index (χ4n) is 3.22. The highest BCUT2D eigenvalue weighted by molar-refractivity contribution is 7.99. The summed E-state index contributed by atoms with van der Waals surface area (Å²) in [7, 11) is 0. The van der Waals surface area contributed by atoms with Gasteiger partial charge < -0.3 is 10.6 Å². The maximum Gasteiger partial charge on any atom is 0.242 e. The highest BCUT2D eigenvalue weighted by atomic mass is 32.2. The van der Waals surface area contributed by atoms with Crippen LogP contribution in [0.25, 0.3) is 17.1 Å². The number of para-hydroxylation sites is 1. The van der Waals surface area contributed by atoms with Gasteiger partial charge in [-0.1, -0.05) is 60.3 Å². The molecule has 0 saturated carbocycles. The molecule has 0 spiro atoms. The SMILES string of the molecule is O=C(CSc1nnc(-c2ccccc2)n1-c1ccccc1)NC1CCCNC1=O. The fourth-order valence-corrected chi connectivity index (χ4v) is 3.99. The summed E-state index contributed by atoms with van der Waals surface area (Å²) in [4.78, 5) is 24.2. The van der Waals surface area contributed by atoms with Crippen LogP contribution in [0, 0.1) is 0 Å². The van der Waals surface area contributed by atoms with Crippen molar-refractivity contribution in [3.05, 3.63) is 60.7 Å². The van der Waals surface area contributed by atoms with E-state index in [-0.39, 0.29) is 17.6 Å². The van der Waals surface area contributed by atoms with Crippen molar-refractivity contribution in [1.29, 1.82) is 0 Å². The summed E-state index contributed by atoms with van der Waals surface area (Å²) >= 11 is 1.30. The van der Waals surface area contributed by atoms with Crippen LogP contribution in [-0.2, 0) is 9.59 Å². The number of benzene rings is 2. The minimum atomic E-state index is -0.455. The summed E-state index contributed by atoms with van der Waals surface area (Å²) in [5.41, 5.74) is 1.87. The molecule has 1 aliphatic rings. The first-order chi connectivity index (χ1) is 14.2. The van der Waals surface area contributed by atoms with Crippen LogP contribution >= 0.6 is 11.8 Å². The Morgan fingerprint density at radius 1 is 1.10 bits per heavy atom. The maximum atomic E-state index is 12.4. The van der Waals surface area contributed by atoms with Gasteiger partial charge in [0.25, 0.3) is 0 Å². The summed E-state index contributed by atoms with van der Waals surface area (Å²) in [6.45, 7) is 0.669. The Kier molecular flexibility index (Phi) is 5.90. The molecule has 7 nitrogen and oxygen atoms in total. The van der Waals surface area contributed by atoms with E-state index >= 15 is 0 Å². The van der Waals surface area contributed by atoms with Gasteiger partial charge in [0, 0.05) is 17.8 Å². The van der Waals surface area contributed by atoms with Crippen LogP contribution in [0.4, 0.5) is 0 Å². The lowest BCUT2D eigenvalue weighted by molar-refractivity contribution is -0.129. The summed E-state index contributed by atoms with van der Waals surface area (Å²) < 4.78 is 1.95. The van der Waals surface area contributed by atoms with E-state index in [9.17, 15) is 9.59 Å². The van der Waals surface area contributed by atoms with Crippen LogP contribution in [-0.4, -0.2) is 44.9 Å². The molecule has 2 N–H and O–H groups in total. The van der Waals surface area contributed by atoms with Crippen molar-refractivity contribution in [1.82, 2.24) is 25.4 Å². The largest absolute Gasteiger partial charge is 0.354 e. The van der Waals surface area contributed by atoms with Crippen molar-refractivity contribution >= 4 is 23.6 Å². The molecule has 1 aliphatic heterocycles. The number of thioether (sulfide) groups is 1. The number of piperidine rings is 1. The molecule has 2 heterocycles. The Bertz CT molecular complexity index is 991. The zero-order valence-electron chi connectivity index (χ0n) is 15.7. The molecule has 4 rings (SSSR count). The van der Waals surface area contributed by atoms with Crippen molar-refractivity contribution in [2.45, 2.75) is 24.0 Å². The van der Waals surface area contributed by atoms with Gasteiger partial charge in [-0.2, -0.15) is 0 Å². The van der Waals surface area contributed by atoms with Crippen LogP contribution in [0.5, 0.6) is 0 Å². The molecule has 0 bridgehead atoms. The van der Waals surface area contributed by atoms with Crippen LogP contribution in [0.15, 0.2) is 65.8 Å². The minimum absolute atomic E-state index is 0.117. The highest BCUT2D eigenvalue weighted by Crippen LogP contribution is 2.27. The number of carbonyl (C=O) groups is 2. The Hall–Kier alpha value is -3.13. The summed E-state index contributed by atoms with van der Waals surface area (Å²) in [6, 6.07) is 19.2. The van der Waals surface area contributed by atoms with E-state index < -0.39 is 6.04 Å². The predicted molar refractivity (Wildman–Crippen MR) is 112 cm³/mol. The first-order valence-electron chi connectivity index (χ1n) is 9.48. The van der Waals surface area contributed by atoms with Gasteiger partial charge in [-0.3, -0.25) is 14.2 Å². The molecular weight excluding hydrogens is 386 g/mol. The van der Waals surface area contributed by atoms with Crippen molar-refractivity contribution in [2.24, 2.45) is 0 Å². The molecule has 0 aliphatic carbocycles. The number of nitrogens with zero attached hydrogens (tertiary/aromatic N) is 3. The molecule has 148 valence electrons. The Balaban J connectivity index is 1.54. The van der Waals surface area contributed by atoms with Gasteiger partial charge in [-0.15, -0.1) is 10.2 Å². The molecule has 1 atom stereocenters. The Morgan fingerprint density at radius 2 is 1.83 bits per heavy atom. The van der Waals surface area contributed by atoms with Gasteiger partial charge >= 0.3 is 0 Å². The average molecular weight is 407 g/mol. The fraction of sp³-hybridized carbons (Fsp3) is 0.238. The van der Waals surface area contributed by atoms with Gasteiger partial charge in [-0.05, 0) is 25.0 Å². The van der Waals surface area contributed by atoms with Crippen molar-refractivity contribution in [2.75, 3.05) is 12.3 Å². The molecule has 1 aromatic heterocycles. The van der Waals surface area contributed by atoms with Gasteiger partial charge in [0.05, 0.1) is 5.75 Å². The second-order valence-corrected chi connectivity index (χ2v) is 7.63. The molecule has 1 fully saturated rings.